The molecule has 6 nitrogen and oxygen atoms in total. The van der Waals surface area contributed by atoms with E-state index in [2.05, 4.69) is 10.4 Å². The Morgan fingerprint density at radius 2 is 2.05 bits per heavy atom. The normalized spacial score (nSPS) is 22.0. The molecule has 2 amide bonds. The molecule has 120 valence electrons. The van der Waals surface area contributed by atoms with E-state index < -0.39 is 6.04 Å². The largest absolute Gasteiger partial charge is 0.351 e. The number of nitrogens with one attached hydrogen (secondary N) is 1. The molecule has 1 fully saturated rings. The van der Waals surface area contributed by atoms with Gasteiger partial charge in [0.1, 0.15) is 6.04 Å². The Bertz CT molecular complexity index is 560. The third-order valence-electron chi connectivity index (χ3n) is 4.60. The van der Waals surface area contributed by atoms with Gasteiger partial charge in [-0.2, -0.15) is 5.10 Å². The molecule has 2 heterocycles. The van der Waals surface area contributed by atoms with Crippen molar-refractivity contribution in [1.29, 1.82) is 0 Å². The lowest BCUT2D eigenvalue weighted by Gasteiger charge is -2.34. The van der Waals surface area contributed by atoms with Gasteiger partial charge in [-0.1, -0.05) is 26.7 Å². The molecule has 0 aromatic carbocycles. The van der Waals surface area contributed by atoms with Gasteiger partial charge in [0.15, 0.2) is 0 Å². The second-order valence-corrected chi connectivity index (χ2v) is 6.65. The summed E-state index contributed by atoms with van der Waals surface area (Å²) in [7, 11) is 0. The number of hydrogen-bond donors (Lipinski definition) is 1. The van der Waals surface area contributed by atoms with Crippen molar-refractivity contribution in [3.63, 3.8) is 0 Å². The standard InChI is InChI=1S/C16H24N4O2/c1-11(2)16(22)19-9-13-7-8-17-20(13)14(10-19)15(21)18-12-5-3-4-6-12/h7-8,11-12,14H,3-6,9-10H2,1-2H3,(H,18,21). The van der Waals surface area contributed by atoms with Crippen LogP contribution in [0.15, 0.2) is 12.3 Å². The maximum atomic E-state index is 12.6. The summed E-state index contributed by atoms with van der Waals surface area (Å²) in [5.41, 5.74) is 0.923. The second kappa shape index (κ2) is 6.10. The fraction of sp³-hybridized carbons (Fsp3) is 0.688. The number of hydrogen-bond acceptors (Lipinski definition) is 3. The summed E-state index contributed by atoms with van der Waals surface area (Å²) in [6.45, 7) is 4.72. The third-order valence-corrected chi connectivity index (χ3v) is 4.60. The summed E-state index contributed by atoms with van der Waals surface area (Å²) in [5.74, 6) is 0.0113. The maximum absolute atomic E-state index is 12.6. The Balaban J connectivity index is 1.77. The van der Waals surface area contributed by atoms with Gasteiger partial charge in [-0.15, -0.1) is 0 Å². The van der Waals surface area contributed by atoms with Gasteiger partial charge in [-0.25, -0.2) is 0 Å². The zero-order valence-corrected chi connectivity index (χ0v) is 13.3. The molecule has 1 aromatic rings. The zero-order valence-electron chi connectivity index (χ0n) is 13.3. The van der Waals surface area contributed by atoms with E-state index in [-0.39, 0.29) is 23.8 Å². The lowest BCUT2D eigenvalue weighted by molar-refractivity contribution is -0.138. The van der Waals surface area contributed by atoms with Crippen LogP contribution in [0.25, 0.3) is 0 Å². The van der Waals surface area contributed by atoms with Crippen molar-refractivity contribution in [3.05, 3.63) is 18.0 Å². The van der Waals surface area contributed by atoms with Crippen molar-refractivity contribution in [1.82, 2.24) is 20.0 Å². The molecular formula is C16H24N4O2. The van der Waals surface area contributed by atoms with Crippen molar-refractivity contribution >= 4 is 11.8 Å². The van der Waals surface area contributed by atoms with E-state index in [9.17, 15) is 9.59 Å². The monoisotopic (exact) mass is 304 g/mol. The smallest absolute Gasteiger partial charge is 0.246 e. The van der Waals surface area contributed by atoms with Gasteiger partial charge in [0, 0.05) is 18.2 Å². The first-order valence-corrected chi connectivity index (χ1v) is 8.18. The molecule has 1 aliphatic carbocycles. The summed E-state index contributed by atoms with van der Waals surface area (Å²) in [6.07, 6.45) is 6.17. The van der Waals surface area contributed by atoms with Crippen molar-refractivity contribution in [2.75, 3.05) is 6.54 Å². The third kappa shape index (κ3) is 2.87. The van der Waals surface area contributed by atoms with Crippen molar-refractivity contribution in [2.45, 2.75) is 58.2 Å². The SMILES string of the molecule is CC(C)C(=O)N1Cc2ccnn2C(C(=O)NC2CCCC2)C1. The van der Waals surface area contributed by atoms with Crippen LogP contribution in [0.5, 0.6) is 0 Å². The van der Waals surface area contributed by atoms with E-state index in [0.717, 1.165) is 18.5 Å². The maximum Gasteiger partial charge on any atom is 0.246 e. The van der Waals surface area contributed by atoms with Crippen LogP contribution in [0.3, 0.4) is 0 Å². The van der Waals surface area contributed by atoms with Gasteiger partial charge in [0.2, 0.25) is 11.8 Å². The Morgan fingerprint density at radius 1 is 1.32 bits per heavy atom. The molecule has 0 spiro atoms. The predicted molar refractivity (Wildman–Crippen MR) is 81.9 cm³/mol. The van der Waals surface area contributed by atoms with Crippen molar-refractivity contribution < 1.29 is 9.59 Å². The van der Waals surface area contributed by atoms with Gasteiger partial charge in [-0.05, 0) is 18.9 Å². The Hall–Kier alpha value is -1.85. The first kappa shape index (κ1) is 15.1. The van der Waals surface area contributed by atoms with Crippen LogP contribution >= 0.6 is 0 Å². The van der Waals surface area contributed by atoms with Gasteiger partial charge in [0.25, 0.3) is 0 Å². The summed E-state index contributed by atoms with van der Waals surface area (Å²) in [4.78, 5) is 26.7. The molecule has 1 aromatic heterocycles. The van der Waals surface area contributed by atoms with Crippen LogP contribution in [-0.4, -0.2) is 39.1 Å². The fourth-order valence-electron chi connectivity index (χ4n) is 3.39. The zero-order chi connectivity index (χ0) is 15.7. The van der Waals surface area contributed by atoms with Crippen LogP contribution in [0, 0.1) is 5.92 Å². The molecule has 2 aliphatic rings. The van der Waals surface area contributed by atoms with Gasteiger partial charge >= 0.3 is 0 Å². The molecule has 0 bridgehead atoms. The van der Waals surface area contributed by atoms with E-state index in [4.69, 9.17) is 0 Å². The number of nitrogens with zero attached hydrogens (tertiary/aromatic N) is 3. The molecule has 3 rings (SSSR count). The van der Waals surface area contributed by atoms with Gasteiger partial charge < -0.3 is 10.2 Å². The number of fused-ring (bicyclic) bond motifs is 1. The molecule has 0 saturated heterocycles. The van der Waals surface area contributed by atoms with Gasteiger partial charge in [-0.3, -0.25) is 14.3 Å². The number of rotatable bonds is 3. The Labute approximate surface area is 130 Å². The van der Waals surface area contributed by atoms with Gasteiger partial charge in [0.05, 0.1) is 18.8 Å². The van der Waals surface area contributed by atoms with Crippen LogP contribution in [-0.2, 0) is 16.1 Å². The molecule has 1 aliphatic heterocycles. The van der Waals surface area contributed by atoms with Crippen LogP contribution in [0.4, 0.5) is 0 Å². The molecule has 6 heteroatoms. The summed E-state index contributed by atoms with van der Waals surface area (Å²) < 4.78 is 1.77. The molecule has 1 saturated carbocycles. The number of carbonyl (C=O) groups excluding carboxylic acids is 2. The minimum atomic E-state index is -0.415. The Morgan fingerprint density at radius 3 is 2.73 bits per heavy atom. The molecule has 1 atom stereocenters. The Kier molecular flexibility index (Phi) is 4.18. The highest BCUT2D eigenvalue weighted by atomic mass is 16.2. The minimum Gasteiger partial charge on any atom is -0.351 e. The first-order chi connectivity index (χ1) is 10.6. The summed E-state index contributed by atoms with van der Waals surface area (Å²) >= 11 is 0. The number of amides is 2. The summed E-state index contributed by atoms with van der Waals surface area (Å²) in [6, 6.07) is 1.75. The molecule has 0 radical (unpaired) electrons. The minimum absolute atomic E-state index is 0.0156. The lowest BCUT2D eigenvalue weighted by Crippen LogP contribution is -2.49. The summed E-state index contributed by atoms with van der Waals surface area (Å²) in [5, 5.41) is 7.42. The van der Waals surface area contributed by atoms with Crippen LogP contribution in [0.2, 0.25) is 0 Å². The van der Waals surface area contributed by atoms with E-state index in [1.807, 2.05) is 19.9 Å². The highest BCUT2D eigenvalue weighted by molar-refractivity contribution is 5.83. The van der Waals surface area contributed by atoms with Crippen molar-refractivity contribution in [2.24, 2.45) is 5.92 Å². The molecular weight excluding hydrogens is 280 g/mol. The second-order valence-electron chi connectivity index (χ2n) is 6.65. The van der Waals surface area contributed by atoms with Crippen LogP contribution < -0.4 is 5.32 Å². The average molecular weight is 304 g/mol. The van der Waals surface area contributed by atoms with E-state index in [1.165, 1.54) is 12.8 Å². The molecule has 1 unspecified atom stereocenters. The van der Waals surface area contributed by atoms with E-state index in [1.54, 1.807) is 15.8 Å². The number of aromatic nitrogens is 2. The average Bonchev–Trinajstić information content (AvgIpc) is 3.15. The lowest BCUT2D eigenvalue weighted by atomic mass is 10.1. The highest BCUT2D eigenvalue weighted by Crippen LogP contribution is 2.24. The molecule has 22 heavy (non-hydrogen) atoms. The van der Waals surface area contributed by atoms with Crippen molar-refractivity contribution in [3.8, 4) is 0 Å². The predicted octanol–water partition coefficient (Wildman–Crippen LogP) is 1.48. The number of carbonyl (C=O) groups is 2. The fourth-order valence-corrected chi connectivity index (χ4v) is 3.39. The first-order valence-electron chi connectivity index (χ1n) is 8.18. The van der Waals surface area contributed by atoms with Crippen LogP contribution in [0.1, 0.15) is 51.3 Å². The van der Waals surface area contributed by atoms with E-state index >= 15 is 0 Å². The quantitative estimate of drug-likeness (QED) is 0.920. The highest BCUT2D eigenvalue weighted by Gasteiger charge is 2.34. The topological polar surface area (TPSA) is 67.2 Å². The molecule has 1 N–H and O–H groups in total. The van der Waals surface area contributed by atoms with E-state index in [0.29, 0.717) is 13.1 Å².